The molecule has 24 nitrogen and oxygen atoms in total. The van der Waals surface area contributed by atoms with Gasteiger partial charge in [0.2, 0.25) is 11.8 Å². The van der Waals surface area contributed by atoms with Crippen molar-refractivity contribution in [2.24, 2.45) is 0 Å². The molecule has 0 saturated carbocycles. The van der Waals surface area contributed by atoms with Crippen molar-refractivity contribution in [2.45, 2.75) is 74.5 Å². The lowest BCUT2D eigenvalue weighted by molar-refractivity contribution is -0.118. The average molecular weight is 1640 g/mol. The number of benzene rings is 2. The second-order valence-electron chi connectivity index (χ2n) is 13.9. The topological polar surface area (TPSA) is 417 Å². The van der Waals surface area contributed by atoms with Gasteiger partial charge in [-0.1, -0.05) is 0 Å². The highest BCUT2D eigenvalue weighted by Crippen LogP contribution is 2.37. The van der Waals surface area contributed by atoms with E-state index in [1.165, 1.54) is 14.1 Å². The molecule has 30 heteroatoms. The maximum Gasteiger partial charge on any atom is 0.337 e. The van der Waals surface area contributed by atoms with Crippen LogP contribution in [0.25, 0.3) is 0 Å². The van der Waals surface area contributed by atoms with Crippen molar-refractivity contribution < 1.29 is 90.0 Å². The summed E-state index contributed by atoms with van der Waals surface area (Å²) in [5.74, 6) is -4.28. The van der Waals surface area contributed by atoms with Crippen LogP contribution >= 0.6 is 136 Å². The van der Waals surface area contributed by atoms with Gasteiger partial charge in [-0.3, -0.25) is 19.2 Å². The summed E-state index contributed by atoms with van der Waals surface area (Å²) in [5.41, 5.74) is 0.557. The van der Waals surface area contributed by atoms with Gasteiger partial charge in [-0.05, 0) is 162 Å². The van der Waals surface area contributed by atoms with E-state index in [0.717, 1.165) is 0 Å². The Morgan fingerprint density at radius 1 is 0.441 bits per heavy atom. The highest BCUT2D eigenvalue weighted by atomic mass is 127. The van der Waals surface area contributed by atoms with Crippen LogP contribution in [0.2, 0.25) is 0 Å². The normalized spacial score (nSPS) is 14.5. The summed E-state index contributed by atoms with van der Waals surface area (Å²) in [7, 11) is 6.00. The van der Waals surface area contributed by atoms with Gasteiger partial charge in [-0.2, -0.15) is 0 Å². The van der Waals surface area contributed by atoms with E-state index in [4.69, 9.17) is 40.9 Å². The zero-order valence-corrected chi connectivity index (χ0v) is 49.3. The van der Waals surface area contributed by atoms with Crippen molar-refractivity contribution in [2.75, 3.05) is 65.1 Å². The zero-order chi connectivity index (χ0) is 52.9. The average Bonchev–Trinajstić information content (AvgIpc) is 3.29. The smallest absolute Gasteiger partial charge is 0.337 e. The summed E-state index contributed by atoms with van der Waals surface area (Å²) in [6, 6.07) is 0. The second-order valence-corrected chi connectivity index (χ2v) is 20.4. The third kappa shape index (κ3) is 19.9. The molecule has 68 heavy (non-hydrogen) atoms. The Balaban J connectivity index is 0.00000140. The molecule has 0 heterocycles. The summed E-state index contributed by atoms with van der Waals surface area (Å²) in [6.45, 7) is -1.14. The first-order valence-electron chi connectivity index (χ1n) is 19.6. The summed E-state index contributed by atoms with van der Waals surface area (Å²) in [5, 5.41) is 125. The number of amides is 4. The summed E-state index contributed by atoms with van der Waals surface area (Å²) in [6.07, 6.45) is -10.6. The van der Waals surface area contributed by atoms with Gasteiger partial charge in [0.1, 0.15) is 36.6 Å². The molecule has 2 rings (SSSR count). The van der Waals surface area contributed by atoms with Crippen LogP contribution in [0.5, 0.6) is 0 Å². The molecule has 0 aliphatic carbocycles. The zero-order valence-electron chi connectivity index (χ0n) is 36.4. The van der Waals surface area contributed by atoms with Crippen molar-refractivity contribution in [1.82, 2.24) is 21.3 Å². The van der Waals surface area contributed by atoms with Gasteiger partial charge in [-0.25, -0.2) is 9.59 Å². The Kier molecular flexibility index (Phi) is 33.4. The van der Waals surface area contributed by atoms with E-state index in [0.29, 0.717) is 20.0 Å². The second kappa shape index (κ2) is 33.8. The first-order valence-corrected chi connectivity index (χ1v) is 26.0. The minimum Gasteiger partial charge on any atom is -0.478 e. The van der Waals surface area contributed by atoms with Crippen LogP contribution in [0.15, 0.2) is 0 Å². The molecule has 0 bridgehead atoms. The molecule has 0 fully saturated rings. The molecule has 386 valence electrons. The van der Waals surface area contributed by atoms with Crippen LogP contribution in [0, 0.1) is 21.4 Å². The fourth-order valence-corrected chi connectivity index (χ4v) is 14.1. The number of unbranched alkanes of at least 4 members (excludes halogenated alkanes) is 1. The molecule has 0 radical (unpaired) electrons. The molecule has 0 aromatic heterocycles. The van der Waals surface area contributed by atoms with Crippen LogP contribution in [-0.4, -0.2) is 200 Å². The van der Waals surface area contributed by atoms with E-state index in [9.17, 15) is 49.2 Å². The highest BCUT2D eigenvalue weighted by molar-refractivity contribution is 14.1. The van der Waals surface area contributed by atoms with E-state index < -0.39 is 97.6 Å². The van der Waals surface area contributed by atoms with Gasteiger partial charge in [0.15, 0.2) is 0 Å². The van der Waals surface area contributed by atoms with Crippen molar-refractivity contribution in [3.8, 4) is 0 Å². The Hall–Kier alpha value is -0.840. The number of aromatic carboxylic acids is 2. The number of carbonyl (C=O) groups is 6. The Morgan fingerprint density at radius 3 is 0.941 bits per heavy atom. The molecule has 0 spiro atoms. The van der Waals surface area contributed by atoms with E-state index >= 15 is 0 Å². The van der Waals surface area contributed by atoms with Gasteiger partial charge >= 0.3 is 11.9 Å². The minimum absolute atomic E-state index is 0.0196. The number of hydrogen-bond donors (Lipinski definition) is 18. The Labute approximate surface area is 471 Å². The first-order chi connectivity index (χ1) is 31.7. The van der Waals surface area contributed by atoms with Gasteiger partial charge in [0, 0.05) is 47.2 Å². The molecule has 8 unspecified atom stereocenters. The fourth-order valence-electron chi connectivity index (χ4n) is 5.33. The lowest BCUT2D eigenvalue weighted by Gasteiger charge is -2.25. The largest absolute Gasteiger partial charge is 0.478 e. The molecule has 0 aliphatic rings. The quantitative estimate of drug-likeness (QED) is 0.0461. The molecule has 18 N–H and O–H groups in total. The molecular weight excluding hydrogens is 1590 g/mol. The predicted molar refractivity (Wildman–Crippen MR) is 296 cm³/mol. The number of aliphatic hydroxyl groups excluding tert-OH is 10. The summed E-state index contributed by atoms with van der Waals surface area (Å²) < 4.78 is 1.88. The van der Waals surface area contributed by atoms with Crippen molar-refractivity contribution >= 4 is 182 Å². The Bertz CT molecular complexity index is 1920. The number of aliphatic hydroxyl groups is 10. The SMILES string of the molecule is CNC(=O)c1c(I)c(NC(=O)CCCCC(=O)Nc2c(I)c(C(=O)O)c(I)c(C(=O)NC)c2I)c(I)c(C(=O)O)c1I.CNCC(O)C(O)C(O)C(O)CO.CNCC(O)C(O)C(O)C(O)CO. The monoisotopic (exact) mass is 1640 g/mol. The van der Waals surface area contributed by atoms with Crippen molar-refractivity contribution in [3.63, 3.8) is 0 Å². The van der Waals surface area contributed by atoms with Gasteiger partial charge < -0.3 is 93.2 Å². The summed E-state index contributed by atoms with van der Waals surface area (Å²) in [4.78, 5) is 74.2. The number of carboxylic acid groups (broad SMARTS) is 2. The molecule has 8 atom stereocenters. The van der Waals surface area contributed by atoms with Crippen LogP contribution in [-0.2, 0) is 9.59 Å². The van der Waals surface area contributed by atoms with Crippen molar-refractivity contribution in [3.05, 3.63) is 43.7 Å². The number of anilines is 2. The van der Waals surface area contributed by atoms with E-state index in [1.54, 1.807) is 59.3 Å². The van der Waals surface area contributed by atoms with Crippen LogP contribution < -0.4 is 31.9 Å². The molecule has 4 amide bonds. The third-order valence-electron chi connectivity index (χ3n) is 9.03. The number of carbonyl (C=O) groups excluding carboxylic acids is 4. The van der Waals surface area contributed by atoms with Gasteiger partial charge in [0.05, 0.1) is 73.3 Å². The highest BCUT2D eigenvalue weighted by Gasteiger charge is 2.32. The van der Waals surface area contributed by atoms with E-state index in [2.05, 4.69) is 31.9 Å². The number of likely N-dealkylation sites (N-methyl/N-ethyl adjacent to an activating group) is 2. The number of hydrogen-bond acceptors (Lipinski definition) is 18. The number of halogens is 6. The lowest BCUT2D eigenvalue weighted by Crippen LogP contribution is -2.48. The predicted octanol–water partition coefficient (Wildman–Crippen LogP) is -1.15. The van der Waals surface area contributed by atoms with Crippen LogP contribution in [0.4, 0.5) is 11.4 Å². The number of rotatable bonds is 23. The molecule has 2 aromatic carbocycles. The van der Waals surface area contributed by atoms with Crippen LogP contribution in [0.3, 0.4) is 0 Å². The molecule has 0 saturated heterocycles. The van der Waals surface area contributed by atoms with Gasteiger partial charge in [0.25, 0.3) is 11.8 Å². The summed E-state index contributed by atoms with van der Waals surface area (Å²) >= 11 is 11.0. The number of nitrogens with one attached hydrogen (secondary N) is 6. The number of carboxylic acids is 2. The third-order valence-corrected chi connectivity index (χ3v) is 15.5. The first kappa shape index (κ1) is 67.2. The van der Waals surface area contributed by atoms with Gasteiger partial charge in [-0.15, -0.1) is 0 Å². The maximum absolute atomic E-state index is 12.8. The molecule has 0 aliphatic heterocycles. The lowest BCUT2D eigenvalue weighted by atomic mass is 10.0. The molecule has 2 aromatic rings. The maximum atomic E-state index is 12.8. The molecular formula is C38H54I6N6O18. The fraction of sp³-hybridized carbons (Fsp3) is 0.526. The van der Waals surface area contributed by atoms with E-state index in [1.807, 2.05) is 90.4 Å². The van der Waals surface area contributed by atoms with Crippen molar-refractivity contribution in [1.29, 1.82) is 0 Å². The Morgan fingerprint density at radius 2 is 0.706 bits per heavy atom. The minimum atomic E-state index is -1.55. The van der Waals surface area contributed by atoms with Crippen LogP contribution in [0.1, 0.15) is 67.1 Å². The standard InChI is InChI=1S/C24H20I6N4O8.2C7H17NO5/c1-31-21(37)9-13(25)11(23(39)40)17(29)19(15(9)27)33-7(35)5-3-4-6-8(36)34-20-16(28)10(22(38)32-2)14(26)12(18(20)30)24(41)42;2*1-8-2-4(10)6(12)7(13)5(11)3-9/h3-6H2,1-2H3,(H,31,37)(H,32,38)(H,33,35)(H,34,36)(H,39,40)(H,41,42);2*4-13H,2-3H2,1H3. The van der Waals surface area contributed by atoms with E-state index in [-0.39, 0.29) is 73.8 Å².